The lowest BCUT2D eigenvalue weighted by Gasteiger charge is -2.22. The maximum absolute atomic E-state index is 13.5. The molecule has 1 aromatic heterocycles. The number of amides is 2. The van der Waals surface area contributed by atoms with Crippen molar-refractivity contribution in [1.29, 1.82) is 0 Å². The van der Waals surface area contributed by atoms with E-state index >= 15 is 0 Å². The molecule has 0 saturated carbocycles. The van der Waals surface area contributed by atoms with Crippen molar-refractivity contribution < 1.29 is 23.5 Å². The van der Waals surface area contributed by atoms with Gasteiger partial charge in [-0.1, -0.05) is 18.2 Å². The second-order valence-corrected chi connectivity index (χ2v) is 8.33. The molecule has 0 fully saturated rings. The molecule has 10 heteroatoms. The minimum absolute atomic E-state index is 0.0389. The number of benzene rings is 2. The van der Waals surface area contributed by atoms with Crippen molar-refractivity contribution in [1.82, 2.24) is 9.47 Å². The molecule has 3 rings (SSSR count). The molecule has 0 atom stereocenters. The molecule has 0 saturated heterocycles. The highest BCUT2D eigenvalue weighted by molar-refractivity contribution is 9.10. The van der Waals surface area contributed by atoms with Crippen LogP contribution < -0.4 is 16.0 Å². The van der Waals surface area contributed by atoms with Gasteiger partial charge in [0, 0.05) is 17.3 Å². The lowest BCUT2D eigenvalue weighted by Crippen LogP contribution is -2.34. The van der Waals surface area contributed by atoms with E-state index in [1.165, 1.54) is 34.8 Å². The predicted molar refractivity (Wildman–Crippen MR) is 128 cm³/mol. The van der Waals surface area contributed by atoms with E-state index in [1.54, 1.807) is 37.3 Å². The van der Waals surface area contributed by atoms with Crippen LogP contribution in [0.5, 0.6) is 5.75 Å². The van der Waals surface area contributed by atoms with Crippen molar-refractivity contribution in [2.75, 3.05) is 13.8 Å². The van der Waals surface area contributed by atoms with Gasteiger partial charge in [0.1, 0.15) is 16.0 Å². The Morgan fingerprint density at radius 3 is 2.53 bits per heavy atom. The van der Waals surface area contributed by atoms with Crippen LogP contribution in [-0.2, 0) is 11.3 Å². The summed E-state index contributed by atoms with van der Waals surface area (Å²) in [6, 6.07) is 12.3. The van der Waals surface area contributed by atoms with Crippen molar-refractivity contribution in [3.63, 3.8) is 0 Å². The van der Waals surface area contributed by atoms with E-state index in [0.717, 1.165) is 5.56 Å². The Morgan fingerprint density at radius 1 is 1.15 bits per heavy atom. The van der Waals surface area contributed by atoms with Crippen molar-refractivity contribution >= 4 is 27.9 Å². The standard InChI is InChI=1S/C24H23BrFN3O5/c1-14-7-8-17(22(27)30)11-19(14)29-15(2)9-20(21(25)23(29)31)34-13-28(24(32)33-3)12-16-5-4-6-18(26)10-16/h4-11H,12-13H2,1-3H3,(H2,27,30). The van der Waals surface area contributed by atoms with Gasteiger partial charge in [0.25, 0.3) is 5.56 Å². The highest BCUT2D eigenvalue weighted by Gasteiger charge is 2.19. The molecule has 0 spiro atoms. The van der Waals surface area contributed by atoms with Gasteiger partial charge in [-0.2, -0.15) is 0 Å². The van der Waals surface area contributed by atoms with Gasteiger partial charge in [-0.3, -0.25) is 19.1 Å². The summed E-state index contributed by atoms with van der Waals surface area (Å²) >= 11 is 3.28. The number of nitrogens with two attached hydrogens (primary N) is 1. The first-order chi connectivity index (χ1) is 16.1. The Kier molecular flexibility index (Phi) is 7.72. The second-order valence-electron chi connectivity index (χ2n) is 7.54. The van der Waals surface area contributed by atoms with Crippen LogP contribution in [0, 0.1) is 19.7 Å². The topological polar surface area (TPSA) is 104 Å². The first kappa shape index (κ1) is 25.0. The molecule has 2 N–H and O–H groups in total. The van der Waals surface area contributed by atoms with E-state index in [0.29, 0.717) is 16.9 Å². The van der Waals surface area contributed by atoms with Gasteiger partial charge in [0.2, 0.25) is 5.91 Å². The molecule has 1 heterocycles. The van der Waals surface area contributed by atoms with Gasteiger partial charge in [0.05, 0.1) is 19.3 Å². The largest absolute Gasteiger partial charge is 0.471 e. The van der Waals surface area contributed by atoms with Crippen molar-refractivity contribution in [2.45, 2.75) is 20.4 Å². The molecule has 2 aromatic carbocycles. The average Bonchev–Trinajstić information content (AvgIpc) is 2.80. The van der Waals surface area contributed by atoms with Gasteiger partial charge in [-0.15, -0.1) is 0 Å². The van der Waals surface area contributed by atoms with Crippen LogP contribution in [0.15, 0.2) is 57.8 Å². The minimum Gasteiger partial charge on any atom is -0.471 e. The molecule has 0 unspecified atom stereocenters. The Labute approximate surface area is 203 Å². The normalized spacial score (nSPS) is 10.6. The quantitative estimate of drug-likeness (QED) is 0.463. The van der Waals surface area contributed by atoms with Crippen molar-refractivity contribution in [3.8, 4) is 11.4 Å². The summed E-state index contributed by atoms with van der Waals surface area (Å²) in [6.45, 7) is 3.31. The van der Waals surface area contributed by atoms with Crippen LogP contribution in [0.25, 0.3) is 5.69 Å². The number of methoxy groups -OCH3 is 1. The maximum Gasteiger partial charge on any atom is 0.412 e. The molecule has 178 valence electrons. The summed E-state index contributed by atoms with van der Waals surface area (Å²) in [5, 5.41) is 0. The van der Waals surface area contributed by atoms with E-state index < -0.39 is 23.4 Å². The number of hydrogen-bond donors (Lipinski definition) is 1. The third-order valence-electron chi connectivity index (χ3n) is 5.11. The zero-order valence-electron chi connectivity index (χ0n) is 18.8. The van der Waals surface area contributed by atoms with Gasteiger partial charge in [0.15, 0.2) is 6.73 Å². The smallest absolute Gasteiger partial charge is 0.412 e. The first-order valence-electron chi connectivity index (χ1n) is 10.2. The number of ether oxygens (including phenoxy) is 2. The summed E-state index contributed by atoms with van der Waals surface area (Å²) in [5.74, 6) is -0.830. The van der Waals surface area contributed by atoms with Crippen molar-refractivity contribution in [3.05, 3.63) is 91.6 Å². The molecule has 34 heavy (non-hydrogen) atoms. The fourth-order valence-electron chi connectivity index (χ4n) is 3.38. The molecule has 3 aromatic rings. The molecule has 0 radical (unpaired) electrons. The van der Waals surface area contributed by atoms with E-state index in [-0.39, 0.29) is 29.1 Å². The van der Waals surface area contributed by atoms with Crippen LogP contribution in [0.4, 0.5) is 9.18 Å². The van der Waals surface area contributed by atoms with E-state index in [4.69, 9.17) is 15.2 Å². The highest BCUT2D eigenvalue weighted by atomic mass is 79.9. The van der Waals surface area contributed by atoms with Gasteiger partial charge in [-0.05, 0) is 65.2 Å². The minimum atomic E-state index is -0.677. The third kappa shape index (κ3) is 5.45. The van der Waals surface area contributed by atoms with E-state index in [1.807, 2.05) is 6.92 Å². The number of carbonyl (C=O) groups excluding carboxylic acids is 2. The summed E-state index contributed by atoms with van der Waals surface area (Å²) in [4.78, 5) is 38.2. The van der Waals surface area contributed by atoms with Crippen LogP contribution in [0.2, 0.25) is 0 Å². The lowest BCUT2D eigenvalue weighted by molar-refractivity contribution is 0.0799. The summed E-state index contributed by atoms with van der Waals surface area (Å²) < 4.78 is 25.7. The first-order valence-corrected chi connectivity index (χ1v) is 10.9. The fourth-order valence-corrected chi connectivity index (χ4v) is 3.79. The number of carbonyl (C=O) groups is 2. The predicted octanol–water partition coefficient (Wildman–Crippen LogP) is 4.06. The Hall–Kier alpha value is -3.66. The highest BCUT2D eigenvalue weighted by Crippen LogP contribution is 2.26. The number of pyridine rings is 1. The number of rotatable bonds is 7. The Bertz CT molecular complexity index is 1310. The number of hydrogen-bond acceptors (Lipinski definition) is 5. The molecule has 0 aliphatic rings. The zero-order chi connectivity index (χ0) is 25.0. The average molecular weight is 532 g/mol. The molecule has 2 amide bonds. The second kappa shape index (κ2) is 10.5. The lowest BCUT2D eigenvalue weighted by atomic mass is 10.1. The van der Waals surface area contributed by atoms with E-state index in [2.05, 4.69) is 15.9 Å². The van der Waals surface area contributed by atoms with Gasteiger partial charge < -0.3 is 15.2 Å². The molecule has 0 aliphatic heterocycles. The van der Waals surface area contributed by atoms with Gasteiger partial charge in [-0.25, -0.2) is 9.18 Å². The fraction of sp³-hybridized carbons (Fsp3) is 0.208. The summed E-state index contributed by atoms with van der Waals surface area (Å²) in [7, 11) is 1.23. The number of halogens is 2. The van der Waals surface area contributed by atoms with Gasteiger partial charge >= 0.3 is 6.09 Å². The third-order valence-corrected chi connectivity index (χ3v) is 5.84. The number of nitrogens with zero attached hydrogens (tertiary/aromatic N) is 2. The molecule has 0 bridgehead atoms. The number of primary amides is 1. The number of aromatic nitrogens is 1. The Balaban J connectivity index is 1.91. The molecule has 0 aliphatic carbocycles. The zero-order valence-corrected chi connectivity index (χ0v) is 20.4. The summed E-state index contributed by atoms with van der Waals surface area (Å²) in [5.41, 5.74) is 7.59. The van der Waals surface area contributed by atoms with E-state index in [9.17, 15) is 18.8 Å². The monoisotopic (exact) mass is 531 g/mol. The van der Waals surface area contributed by atoms with Crippen LogP contribution >= 0.6 is 15.9 Å². The molecule has 8 nitrogen and oxygen atoms in total. The van der Waals surface area contributed by atoms with Crippen LogP contribution in [-0.4, -0.2) is 35.3 Å². The molecular weight excluding hydrogens is 509 g/mol. The Morgan fingerprint density at radius 2 is 1.88 bits per heavy atom. The van der Waals surface area contributed by atoms with Crippen molar-refractivity contribution in [2.24, 2.45) is 5.73 Å². The summed E-state index contributed by atoms with van der Waals surface area (Å²) in [6.07, 6.45) is -0.677. The SMILES string of the molecule is COC(=O)N(COc1cc(C)n(-c2cc(C(N)=O)ccc2C)c(=O)c1Br)Cc1cccc(F)c1. The maximum atomic E-state index is 13.5. The number of aryl methyl sites for hydroxylation is 2. The molecular formula is C24H23BrFN3O5. The van der Waals surface area contributed by atoms with Crippen LogP contribution in [0.3, 0.4) is 0 Å². The van der Waals surface area contributed by atoms with Crippen LogP contribution in [0.1, 0.15) is 27.2 Å².